The molecule has 0 amide bonds. The Kier molecular flexibility index (Phi) is 7.70. The first-order valence-corrected chi connectivity index (χ1v) is 7.09. The van der Waals surface area contributed by atoms with Gasteiger partial charge in [0.2, 0.25) is 0 Å². The number of hydrogen-bond acceptors (Lipinski definition) is 2. The minimum Gasteiger partial charge on any atom is -0.380 e. The Bertz CT molecular complexity index is 297. The second-order valence-electron chi connectivity index (χ2n) is 5.07. The second kappa shape index (κ2) is 9.12. The number of benzene rings is 1. The summed E-state index contributed by atoms with van der Waals surface area (Å²) in [6.07, 6.45) is 2.20. The monoisotopic (exact) mass is 249 g/mol. The molecule has 0 saturated carbocycles. The van der Waals surface area contributed by atoms with Crippen LogP contribution in [0.15, 0.2) is 30.3 Å². The minimum absolute atomic E-state index is 0.478. The number of nitrogens with one attached hydrogen (secondary N) is 1. The van der Waals surface area contributed by atoms with Crippen LogP contribution in [0.2, 0.25) is 0 Å². The van der Waals surface area contributed by atoms with Gasteiger partial charge in [-0.05, 0) is 30.9 Å². The van der Waals surface area contributed by atoms with Crippen LogP contribution in [0, 0.1) is 5.92 Å². The number of ether oxygens (including phenoxy) is 1. The average molecular weight is 249 g/mol. The number of rotatable bonds is 9. The van der Waals surface area contributed by atoms with E-state index in [9.17, 15) is 0 Å². The van der Waals surface area contributed by atoms with Crippen LogP contribution in [0.3, 0.4) is 0 Å². The highest BCUT2D eigenvalue weighted by atomic mass is 16.5. The lowest BCUT2D eigenvalue weighted by molar-refractivity contribution is 0.0969. The maximum atomic E-state index is 5.77. The van der Waals surface area contributed by atoms with E-state index in [-0.39, 0.29) is 0 Å². The van der Waals surface area contributed by atoms with Gasteiger partial charge in [-0.3, -0.25) is 0 Å². The molecule has 0 heterocycles. The lowest BCUT2D eigenvalue weighted by atomic mass is 10.1. The van der Waals surface area contributed by atoms with E-state index in [1.54, 1.807) is 0 Å². The normalized spacial score (nSPS) is 12.9. The fourth-order valence-electron chi connectivity index (χ4n) is 1.98. The van der Waals surface area contributed by atoms with E-state index >= 15 is 0 Å². The number of aryl methyl sites for hydroxylation is 1. The van der Waals surface area contributed by atoms with Crippen molar-refractivity contribution in [2.75, 3.05) is 19.8 Å². The molecule has 1 aromatic carbocycles. The molecule has 0 radical (unpaired) electrons. The van der Waals surface area contributed by atoms with E-state index < -0.39 is 0 Å². The van der Waals surface area contributed by atoms with Crippen LogP contribution in [0.25, 0.3) is 0 Å². The zero-order chi connectivity index (χ0) is 13.2. The van der Waals surface area contributed by atoms with Gasteiger partial charge in [0.15, 0.2) is 0 Å². The van der Waals surface area contributed by atoms with Gasteiger partial charge in [-0.25, -0.2) is 0 Å². The Labute approximate surface area is 112 Å². The molecule has 2 heteroatoms. The lowest BCUT2D eigenvalue weighted by Gasteiger charge is -2.21. The molecule has 1 atom stereocenters. The van der Waals surface area contributed by atoms with Crippen molar-refractivity contribution in [1.82, 2.24) is 5.32 Å². The summed E-state index contributed by atoms with van der Waals surface area (Å²) in [7, 11) is 0. The van der Waals surface area contributed by atoms with Crippen LogP contribution < -0.4 is 5.32 Å². The average Bonchev–Trinajstić information content (AvgIpc) is 2.38. The maximum absolute atomic E-state index is 5.77. The minimum atomic E-state index is 0.478. The van der Waals surface area contributed by atoms with Crippen LogP contribution in [0.5, 0.6) is 0 Å². The van der Waals surface area contributed by atoms with Gasteiger partial charge in [0.05, 0.1) is 6.61 Å². The molecule has 2 nitrogen and oxygen atoms in total. The summed E-state index contributed by atoms with van der Waals surface area (Å²) in [5.74, 6) is 0.624. The van der Waals surface area contributed by atoms with Gasteiger partial charge in [-0.15, -0.1) is 0 Å². The SMILES string of the molecule is CCNC(COCCCc1ccccc1)C(C)C. The fraction of sp³-hybridized carbons (Fsp3) is 0.625. The predicted octanol–water partition coefficient (Wildman–Crippen LogP) is 3.27. The van der Waals surface area contributed by atoms with Gasteiger partial charge < -0.3 is 10.1 Å². The highest BCUT2D eigenvalue weighted by Gasteiger charge is 2.11. The molecule has 1 rings (SSSR count). The Morgan fingerprint density at radius 1 is 1.17 bits per heavy atom. The third kappa shape index (κ3) is 6.18. The topological polar surface area (TPSA) is 21.3 Å². The van der Waals surface area contributed by atoms with Crippen molar-refractivity contribution in [3.63, 3.8) is 0 Å². The van der Waals surface area contributed by atoms with Crippen LogP contribution in [0.1, 0.15) is 32.8 Å². The van der Waals surface area contributed by atoms with Crippen molar-refractivity contribution in [2.24, 2.45) is 5.92 Å². The number of hydrogen-bond donors (Lipinski definition) is 1. The van der Waals surface area contributed by atoms with E-state index in [0.29, 0.717) is 12.0 Å². The van der Waals surface area contributed by atoms with E-state index in [0.717, 1.165) is 32.6 Å². The molecule has 0 aliphatic carbocycles. The van der Waals surface area contributed by atoms with E-state index in [1.165, 1.54) is 5.56 Å². The maximum Gasteiger partial charge on any atom is 0.0622 e. The molecule has 0 spiro atoms. The standard InChI is InChI=1S/C16H27NO/c1-4-17-16(14(2)3)13-18-12-8-11-15-9-6-5-7-10-15/h5-7,9-10,14,16-17H,4,8,11-13H2,1-3H3. The largest absolute Gasteiger partial charge is 0.380 e. The predicted molar refractivity (Wildman–Crippen MR) is 77.9 cm³/mol. The van der Waals surface area contributed by atoms with Crippen LogP contribution in [0.4, 0.5) is 0 Å². The molecule has 0 saturated heterocycles. The molecule has 1 N–H and O–H groups in total. The molecule has 0 fully saturated rings. The second-order valence-corrected chi connectivity index (χ2v) is 5.07. The summed E-state index contributed by atoms with van der Waals surface area (Å²) in [5.41, 5.74) is 1.40. The van der Waals surface area contributed by atoms with E-state index in [4.69, 9.17) is 4.74 Å². The summed E-state index contributed by atoms with van der Waals surface area (Å²) < 4.78 is 5.77. The molecule has 1 unspecified atom stereocenters. The first kappa shape index (κ1) is 15.2. The smallest absolute Gasteiger partial charge is 0.0622 e. The Balaban J connectivity index is 2.10. The summed E-state index contributed by atoms with van der Waals surface area (Å²) in [6.45, 7) is 9.30. The summed E-state index contributed by atoms with van der Waals surface area (Å²) in [5, 5.41) is 3.47. The summed E-state index contributed by atoms with van der Waals surface area (Å²) in [4.78, 5) is 0. The van der Waals surface area contributed by atoms with Gasteiger partial charge in [-0.2, -0.15) is 0 Å². The molecular weight excluding hydrogens is 222 g/mol. The lowest BCUT2D eigenvalue weighted by Crippen LogP contribution is -2.37. The van der Waals surface area contributed by atoms with Crippen molar-refractivity contribution in [2.45, 2.75) is 39.7 Å². The van der Waals surface area contributed by atoms with Gasteiger partial charge in [0, 0.05) is 12.6 Å². The quantitative estimate of drug-likeness (QED) is 0.678. The van der Waals surface area contributed by atoms with E-state index in [2.05, 4.69) is 56.4 Å². The fourth-order valence-corrected chi connectivity index (χ4v) is 1.98. The zero-order valence-corrected chi connectivity index (χ0v) is 12.0. The van der Waals surface area contributed by atoms with Crippen LogP contribution in [-0.2, 0) is 11.2 Å². The Morgan fingerprint density at radius 2 is 1.89 bits per heavy atom. The third-order valence-corrected chi connectivity index (χ3v) is 3.17. The van der Waals surface area contributed by atoms with Gasteiger partial charge in [-0.1, -0.05) is 51.1 Å². The Hall–Kier alpha value is -0.860. The Morgan fingerprint density at radius 3 is 2.50 bits per heavy atom. The molecule has 1 aromatic rings. The molecule has 0 aromatic heterocycles. The van der Waals surface area contributed by atoms with Crippen molar-refractivity contribution in [3.8, 4) is 0 Å². The van der Waals surface area contributed by atoms with Crippen molar-refractivity contribution < 1.29 is 4.74 Å². The molecule has 0 aliphatic rings. The molecule has 18 heavy (non-hydrogen) atoms. The van der Waals surface area contributed by atoms with Gasteiger partial charge in [0.25, 0.3) is 0 Å². The van der Waals surface area contributed by atoms with Crippen molar-refractivity contribution in [3.05, 3.63) is 35.9 Å². The van der Waals surface area contributed by atoms with Gasteiger partial charge >= 0.3 is 0 Å². The van der Waals surface area contributed by atoms with Gasteiger partial charge in [0.1, 0.15) is 0 Å². The number of likely N-dealkylation sites (N-methyl/N-ethyl adjacent to an activating group) is 1. The highest BCUT2D eigenvalue weighted by molar-refractivity contribution is 5.14. The molecule has 0 bridgehead atoms. The first-order valence-electron chi connectivity index (χ1n) is 7.09. The van der Waals surface area contributed by atoms with Crippen LogP contribution >= 0.6 is 0 Å². The molecule has 0 aliphatic heterocycles. The third-order valence-electron chi connectivity index (χ3n) is 3.17. The summed E-state index contributed by atoms with van der Waals surface area (Å²) in [6, 6.07) is 11.1. The summed E-state index contributed by atoms with van der Waals surface area (Å²) >= 11 is 0. The van der Waals surface area contributed by atoms with E-state index in [1.807, 2.05) is 0 Å². The molecule has 102 valence electrons. The molecular formula is C16H27NO. The van der Waals surface area contributed by atoms with Crippen molar-refractivity contribution in [1.29, 1.82) is 0 Å². The first-order chi connectivity index (χ1) is 8.74. The highest BCUT2D eigenvalue weighted by Crippen LogP contribution is 2.04. The zero-order valence-electron chi connectivity index (χ0n) is 12.0. The van der Waals surface area contributed by atoms with Crippen molar-refractivity contribution >= 4 is 0 Å². The van der Waals surface area contributed by atoms with Crippen LogP contribution in [-0.4, -0.2) is 25.8 Å².